The van der Waals surface area contributed by atoms with Crippen LogP contribution in [-0.2, 0) is 12.0 Å². The number of nitrogens with one attached hydrogen (secondary N) is 1. The Bertz CT molecular complexity index is 291. The van der Waals surface area contributed by atoms with E-state index in [1.165, 1.54) is 11.1 Å². The summed E-state index contributed by atoms with van der Waals surface area (Å²) in [4.78, 5) is 0. The molecular weight excluding hydrogens is 196 g/mol. The smallest absolute Gasteiger partial charge is 0.0662 e. The molecule has 0 aromatic heterocycles. The third-order valence-electron chi connectivity index (χ3n) is 2.82. The van der Waals surface area contributed by atoms with Gasteiger partial charge in [0, 0.05) is 13.1 Å². The van der Waals surface area contributed by atoms with Crippen LogP contribution in [0.3, 0.4) is 0 Å². The first-order valence-corrected chi connectivity index (χ1v) is 4.83. The summed E-state index contributed by atoms with van der Waals surface area (Å²) >= 11 is 0. The van der Waals surface area contributed by atoms with E-state index in [1.807, 2.05) is 0 Å². The molecule has 3 heteroatoms. The molecule has 0 amide bonds. The number of nitrogens with two attached hydrogens (primary N) is 1. The maximum Gasteiger partial charge on any atom is 0.0662 e. The summed E-state index contributed by atoms with van der Waals surface area (Å²) in [7, 11) is 0. The van der Waals surface area contributed by atoms with Crippen LogP contribution in [0.4, 0.5) is 0 Å². The summed E-state index contributed by atoms with van der Waals surface area (Å²) in [6, 6.07) is 8.64. The van der Waals surface area contributed by atoms with Gasteiger partial charge in [0.2, 0.25) is 0 Å². The molecule has 1 aliphatic heterocycles. The van der Waals surface area contributed by atoms with Crippen LogP contribution in [0.1, 0.15) is 18.1 Å². The molecule has 0 atom stereocenters. The predicted octanol–water partition coefficient (Wildman–Crippen LogP) is 1.43. The van der Waals surface area contributed by atoms with Crippen molar-refractivity contribution >= 4 is 12.4 Å². The van der Waals surface area contributed by atoms with E-state index in [1.54, 1.807) is 0 Å². The molecule has 1 saturated heterocycles. The molecule has 1 aromatic carbocycles. The Morgan fingerprint density at radius 1 is 1.29 bits per heavy atom. The van der Waals surface area contributed by atoms with Gasteiger partial charge in [0.25, 0.3) is 0 Å². The standard InChI is InChI=1S/C11H16N2.ClH/c1-2-9-3-5-10(6-4-9)11(12)7-13-8-11;/h3-6,13H,2,7-8,12H2,1H3;1H. The Balaban J connectivity index is 0.000000980. The molecule has 1 aliphatic rings. The normalized spacial score (nSPS) is 18.1. The molecule has 14 heavy (non-hydrogen) atoms. The largest absolute Gasteiger partial charge is 0.319 e. The number of halogens is 1. The number of aryl methyl sites for hydroxylation is 1. The van der Waals surface area contributed by atoms with Crippen LogP contribution in [0.5, 0.6) is 0 Å². The van der Waals surface area contributed by atoms with Crippen molar-refractivity contribution in [3.63, 3.8) is 0 Å². The van der Waals surface area contributed by atoms with E-state index in [2.05, 4.69) is 36.5 Å². The molecule has 1 fully saturated rings. The Morgan fingerprint density at radius 3 is 2.21 bits per heavy atom. The maximum atomic E-state index is 6.15. The number of rotatable bonds is 2. The topological polar surface area (TPSA) is 38.0 Å². The van der Waals surface area contributed by atoms with Gasteiger partial charge in [0.15, 0.2) is 0 Å². The highest BCUT2D eigenvalue weighted by Crippen LogP contribution is 2.22. The number of hydrogen-bond acceptors (Lipinski definition) is 2. The summed E-state index contributed by atoms with van der Waals surface area (Å²) < 4.78 is 0. The van der Waals surface area contributed by atoms with Crippen molar-refractivity contribution in [1.82, 2.24) is 5.32 Å². The molecule has 1 heterocycles. The first-order chi connectivity index (χ1) is 6.24. The molecule has 0 saturated carbocycles. The third kappa shape index (κ3) is 1.92. The molecule has 0 bridgehead atoms. The van der Waals surface area contributed by atoms with Gasteiger partial charge in [-0.05, 0) is 17.5 Å². The van der Waals surface area contributed by atoms with E-state index in [-0.39, 0.29) is 17.9 Å². The molecule has 1 aromatic rings. The molecule has 2 nitrogen and oxygen atoms in total. The highest BCUT2D eigenvalue weighted by atomic mass is 35.5. The summed E-state index contributed by atoms with van der Waals surface area (Å²) in [5.41, 5.74) is 8.68. The lowest BCUT2D eigenvalue weighted by molar-refractivity contribution is 0.287. The van der Waals surface area contributed by atoms with Gasteiger partial charge in [-0.2, -0.15) is 0 Å². The van der Waals surface area contributed by atoms with Gasteiger partial charge in [0.05, 0.1) is 5.54 Å². The van der Waals surface area contributed by atoms with Crippen LogP contribution in [0.25, 0.3) is 0 Å². The average Bonchev–Trinajstić information content (AvgIpc) is 2.14. The van der Waals surface area contributed by atoms with Gasteiger partial charge in [-0.1, -0.05) is 31.2 Å². The highest BCUT2D eigenvalue weighted by molar-refractivity contribution is 5.85. The molecule has 0 unspecified atom stereocenters. The molecular formula is C11H17ClN2. The quantitative estimate of drug-likeness (QED) is 0.779. The highest BCUT2D eigenvalue weighted by Gasteiger charge is 2.33. The minimum absolute atomic E-state index is 0. The van der Waals surface area contributed by atoms with Gasteiger partial charge < -0.3 is 11.1 Å². The van der Waals surface area contributed by atoms with E-state index in [4.69, 9.17) is 5.73 Å². The Hall–Kier alpha value is -0.570. The van der Waals surface area contributed by atoms with E-state index in [0.29, 0.717) is 0 Å². The fraction of sp³-hybridized carbons (Fsp3) is 0.455. The van der Waals surface area contributed by atoms with Crippen molar-refractivity contribution in [1.29, 1.82) is 0 Å². The second-order valence-electron chi connectivity index (χ2n) is 3.81. The minimum Gasteiger partial charge on any atom is -0.319 e. The Morgan fingerprint density at radius 2 is 1.86 bits per heavy atom. The zero-order valence-corrected chi connectivity index (χ0v) is 9.23. The van der Waals surface area contributed by atoms with E-state index < -0.39 is 0 Å². The van der Waals surface area contributed by atoms with Crippen molar-refractivity contribution in [2.24, 2.45) is 5.73 Å². The molecule has 78 valence electrons. The molecule has 0 aliphatic carbocycles. The Labute approximate surface area is 91.3 Å². The van der Waals surface area contributed by atoms with Crippen LogP contribution in [0, 0.1) is 0 Å². The summed E-state index contributed by atoms with van der Waals surface area (Å²) in [6.45, 7) is 3.97. The second-order valence-corrected chi connectivity index (χ2v) is 3.81. The van der Waals surface area contributed by atoms with E-state index in [0.717, 1.165) is 19.5 Å². The van der Waals surface area contributed by atoms with Crippen LogP contribution in [0.2, 0.25) is 0 Å². The molecule has 0 radical (unpaired) electrons. The monoisotopic (exact) mass is 212 g/mol. The van der Waals surface area contributed by atoms with Crippen molar-refractivity contribution in [2.45, 2.75) is 18.9 Å². The number of benzene rings is 1. The first kappa shape index (κ1) is 11.5. The van der Waals surface area contributed by atoms with Gasteiger partial charge in [-0.3, -0.25) is 0 Å². The van der Waals surface area contributed by atoms with Crippen molar-refractivity contribution in [3.8, 4) is 0 Å². The van der Waals surface area contributed by atoms with Gasteiger partial charge in [-0.25, -0.2) is 0 Å². The molecule has 0 spiro atoms. The maximum absolute atomic E-state index is 6.15. The van der Waals surface area contributed by atoms with Crippen LogP contribution >= 0.6 is 12.4 Å². The van der Waals surface area contributed by atoms with Crippen molar-refractivity contribution in [2.75, 3.05) is 13.1 Å². The average molecular weight is 213 g/mol. The van der Waals surface area contributed by atoms with E-state index >= 15 is 0 Å². The Kier molecular flexibility index (Phi) is 3.53. The lowest BCUT2D eigenvalue weighted by Gasteiger charge is -2.39. The SMILES string of the molecule is CCc1ccc(C2(N)CNC2)cc1.Cl. The fourth-order valence-electron chi connectivity index (χ4n) is 1.67. The summed E-state index contributed by atoms with van der Waals surface area (Å²) in [5, 5.41) is 3.20. The van der Waals surface area contributed by atoms with Crippen molar-refractivity contribution in [3.05, 3.63) is 35.4 Å². The fourth-order valence-corrected chi connectivity index (χ4v) is 1.67. The lowest BCUT2D eigenvalue weighted by Crippen LogP contribution is -2.62. The lowest BCUT2D eigenvalue weighted by atomic mass is 9.85. The second kappa shape index (κ2) is 4.30. The third-order valence-corrected chi connectivity index (χ3v) is 2.82. The van der Waals surface area contributed by atoms with Crippen LogP contribution in [-0.4, -0.2) is 13.1 Å². The van der Waals surface area contributed by atoms with Gasteiger partial charge >= 0.3 is 0 Å². The summed E-state index contributed by atoms with van der Waals surface area (Å²) in [5.74, 6) is 0. The predicted molar refractivity (Wildman–Crippen MR) is 61.8 cm³/mol. The molecule has 3 N–H and O–H groups in total. The first-order valence-electron chi connectivity index (χ1n) is 4.83. The molecule has 2 rings (SSSR count). The minimum atomic E-state index is -0.105. The zero-order valence-electron chi connectivity index (χ0n) is 8.42. The van der Waals surface area contributed by atoms with Crippen LogP contribution < -0.4 is 11.1 Å². The van der Waals surface area contributed by atoms with Gasteiger partial charge in [-0.15, -0.1) is 12.4 Å². The van der Waals surface area contributed by atoms with Crippen LogP contribution in [0.15, 0.2) is 24.3 Å². The van der Waals surface area contributed by atoms with E-state index in [9.17, 15) is 0 Å². The zero-order chi connectivity index (χ0) is 9.31. The van der Waals surface area contributed by atoms with Gasteiger partial charge in [0.1, 0.15) is 0 Å². The van der Waals surface area contributed by atoms with Crippen molar-refractivity contribution < 1.29 is 0 Å². The number of hydrogen-bond donors (Lipinski definition) is 2. The summed E-state index contributed by atoms with van der Waals surface area (Å²) in [6.07, 6.45) is 1.09.